The van der Waals surface area contributed by atoms with Gasteiger partial charge in [-0.15, -0.1) is 0 Å². The van der Waals surface area contributed by atoms with Crippen LogP contribution in [-0.2, 0) is 0 Å². The molecular formula is C9H20N2. The first-order valence-corrected chi connectivity index (χ1v) is 4.75. The van der Waals surface area contributed by atoms with Crippen molar-refractivity contribution in [2.24, 2.45) is 5.73 Å². The Hall–Kier alpha value is -0.0800. The molecule has 0 aliphatic carbocycles. The van der Waals surface area contributed by atoms with Gasteiger partial charge in [-0.05, 0) is 45.8 Å². The molecule has 1 atom stereocenters. The number of rotatable bonds is 3. The highest BCUT2D eigenvalue weighted by atomic mass is 15.1. The quantitative estimate of drug-likeness (QED) is 0.665. The van der Waals surface area contributed by atoms with Crippen LogP contribution in [0.3, 0.4) is 0 Å². The van der Waals surface area contributed by atoms with Crippen LogP contribution in [0.15, 0.2) is 0 Å². The van der Waals surface area contributed by atoms with Gasteiger partial charge >= 0.3 is 0 Å². The van der Waals surface area contributed by atoms with Gasteiger partial charge in [-0.2, -0.15) is 0 Å². The van der Waals surface area contributed by atoms with E-state index in [1.165, 1.54) is 38.6 Å². The van der Waals surface area contributed by atoms with Gasteiger partial charge in [0.2, 0.25) is 0 Å². The molecule has 0 bridgehead atoms. The Bertz CT molecular complexity index is 104. The Morgan fingerprint density at radius 1 is 1.45 bits per heavy atom. The third-order valence-corrected chi connectivity index (χ3v) is 2.66. The molecule has 0 spiro atoms. The highest BCUT2D eigenvalue weighted by Gasteiger charge is 2.17. The van der Waals surface area contributed by atoms with Crippen molar-refractivity contribution in [2.45, 2.75) is 38.1 Å². The van der Waals surface area contributed by atoms with Gasteiger partial charge in [-0.3, -0.25) is 0 Å². The minimum atomic E-state index is 0.826. The molecule has 2 nitrogen and oxygen atoms in total. The van der Waals surface area contributed by atoms with Gasteiger partial charge in [0.15, 0.2) is 0 Å². The van der Waals surface area contributed by atoms with Crippen LogP contribution in [0.2, 0.25) is 0 Å². The van der Waals surface area contributed by atoms with E-state index in [1.807, 2.05) is 0 Å². The van der Waals surface area contributed by atoms with Gasteiger partial charge in [0.05, 0.1) is 0 Å². The van der Waals surface area contributed by atoms with Gasteiger partial charge in [0, 0.05) is 6.04 Å². The summed E-state index contributed by atoms with van der Waals surface area (Å²) in [7, 11) is 2.24. The summed E-state index contributed by atoms with van der Waals surface area (Å²) in [5.41, 5.74) is 5.47. The van der Waals surface area contributed by atoms with Crippen LogP contribution in [0, 0.1) is 0 Å². The number of hydrogen-bond donors (Lipinski definition) is 1. The molecule has 1 saturated heterocycles. The van der Waals surface area contributed by atoms with Crippen LogP contribution in [-0.4, -0.2) is 31.1 Å². The van der Waals surface area contributed by atoms with E-state index in [-0.39, 0.29) is 0 Å². The van der Waals surface area contributed by atoms with Crippen LogP contribution in [0.4, 0.5) is 0 Å². The summed E-state index contributed by atoms with van der Waals surface area (Å²) in [5.74, 6) is 0. The molecule has 2 N–H and O–H groups in total. The lowest BCUT2D eigenvalue weighted by molar-refractivity contribution is 0.174. The van der Waals surface area contributed by atoms with E-state index in [1.54, 1.807) is 0 Å². The number of piperidine rings is 1. The minimum Gasteiger partial charge on any atom is -0.330 e. The molecule has 0 saturated carbocycles. The molecule has 1 aliphatic rings. The van der Waals surface area contributed by atoms with Crippen molar-refractivity contribution in [2.75, 3.05) is 20.1 Å². The Labute approximate surface area is 69.8 Å². The molecule has 0 aromatic heterocycles. The molecule has 0 radical (unpaired) electrons. The maximum Gasteiger partial charge on any atom is 0.00926 e. The third kappa shape index (κ3) is 2.80. The lowest BCUT2D eigenvalue weighted by Gasteiger charge is -2.32. The molecule has 0 amide bonds. The normalized spacial score (nSPS) is 27.3. The van der Waals surface area contributed by atoms with Crippen molar-refractivity contribution in [1.82, 2.24) is 4.90 Å². The average molecular weight is 156 g/mol. The molecule has 1 unspecified atom stereocenters. The van der Waals surface area contributed by atoms with Crippen molar-refractivity contribution in [1.29, 1.82) is 0 Å². The van der Waals surface area contributed by atoms with Crippen LogP contribution in [0.25, 0.3) is 0 Å². The van der Waals surface area contributed by atoms with Crippen LogP contribution in [0.5, 0.6) is 0 Å². The number of hydrogen-bond acceptors (Lipinski definition) is 2. The van der Waals surface area contributed by atoms with Gasteiger partial charge in [-0.1, -0.05) is 6.42 Å². The van der Waals surface area contributed by atoms with E-state index >= 15 is 0 Å². The zero-order valence-corrected chi connectivity index (χ0v) is 7.55. The maximum absolute atomic E-state index is 5.47. The summed E-state index contributed by atoms with van der Waals surface area (Å²) in [6.45, 7) is 2.14. The molecule has 2 heteroatoms. The summed E-state index contributed by atoms with van der Waals surface area (Å²) in [5, 5.41) is 0. The Morgan fingerprint density at radius 2 is 2.27 bits per heavy atom. The molecule has 1 fully saturated rings. The van der Waals surface area contributed by atoms with E-state index in [0.29, 0.717) is 0 Å². The molecule has 0 aromatic rings. The topological polar surface area (TPSA) is 29.3 Å². The summed E-state index contributed by atoms with van der Waals surface area (Å²) in [6, 6.07) is 0.826. The fraction of sp³-hybridized carbons (Fsp3) is 1.00. The fourth-order valence-corrected chi connectivity index (χ4v) is 1.86. The monoisotopic (exact) mass is 156 g/mol. The third-order valence-electron chi connectivity index (χ3n) is 2.66. The fourth-order valence-electron chi connectivity index (χ4n) is 1.86. The van der Waals surface area contributed by atoms with Crippen molar-refractivity contribution in [3.63, 3.8) is 0 Å². The van der Waals surface area contributed by atoms with Gasteiger partial charge in [0.25, 0.3) is 0 Å². The average Bonchev–Trinajstić information content (AvgIpc) is 2.03. The highest BCUT2D eigenvalue weighted by molar-refractivity contribution is 4.73. The van der Waals surface area contributed by atoms with E-state index in [4.69, 9.17) is 5.73 Å². The zero-order chi connectivity index (χ0) is 8.10. The van der Waals surface area contributed by atoms with Crippen LogP contribution in [0.1, 0.15) is 32.1 Å². The van der Waals surface area contributed by atoms with Crippen LogP contribution < -0.4 is 5.73 Å². The van der Waals surface area contributed by atoms with Crippen molar-refractivity contribution >= 4 is 0 Å². The highest BCUT2D eigenvalue weighted by Crippen LogP contribution is 2.18. The molecule has 66 valence electrons. The number of likely N-dealkylation sites (tertiary alicyclic amines) is 1. The second kappa shape index (κ2) is 4.73. The van der Waals surface area contributed by atoms with Gasteiger partial charge < -0.3 is 10.6 Å². The van der Waals surface area contributed by atoms with E-state index < -0.39 is 0 Å². The molecule has 11 heavy (non-hydrogen) atoms. The predicted molar refractivity (Wildman–Crippen MR) is 48.6 cm³/mol. The van der Waals surface area contributed by atoms with E-state index in [0.717, 1.165) is 12.6 Å². The summed E-state index contributed by atoms with van der Waals surface area (Å²) >= 11 is 0. The summed E-state index contributed by atoms with van der Waals surface area (Å²) in [6.07, 6.45) is 6.67. The predicted octanol–water partition coefficient (Wildman–Crippen LogP) is 1.21. The molecule has 1 heterocycles. The lowest BCUT2D eigenvalue weighted by atomic mass is 9.99. The first-order valence-electron chi connectivity index (χ1n) is 4.75. The standard InChI is InChI=1S/C9H20N2/c1-11-8-3-2-5-9(11)6-4-7-10/h9H,2-8,10H2,1H3. The second-order valence-electron chi connectivity index (χ2n) is 3.56. The van der Waals surface area contributed by atoms with Gasteiger partial charge in [-0.25, -0.2) is 0 Å². The molecule has 0 aromatic carbocycles. The van der Waals surface area contributed by atoms with E-state index in [9.17, 15) is 0 Å². The molecular weight excluding hydrogens is 136 g/mol. The minimum absolute atomic E-state index is 0.826. The summed E-state index contributed by atoms with van der Waals surface area (Å²) in [4.78, 5) is 2.49. The first-order chi connectivity index (χ1) is 5.34. The van der Waals surface area contributed by atoms with Crippen molar-refractivity contribution < 1.29 is 0 Å². The summed E-state index contributed by atoms with van der Waals surface area (Å²) < 4.78 is 0. The van der Waals surface area contributed by atoms with Gasteiger partial charge in [0.1, 0.15) is 0 Å². The Kier molecular flexibility index (Phi) is 3.87. The Balaban J connectivity index is 2.18. The SMILES string of the molecule is CN1CCCCC1CCCN. The Morgan fingerprint density at radius 3 is 2.91 bits per heavy atom. The number of nitrogens with zero attached hydrogens (tertiary/aromatic N) is 1. The number of nitrogens with two attached hydrogens (primary N) is 1. The lowest BCUT2D eigenvalue weighted by Crippen LogP contribution is -2.36. The largest absolute Gasteiger partial charge is 0.330 e. The molecule has 1 rings (SSSR count). The smallest absolute Gasteiger partial charge is 0.00926 e. The van der Waals surface area contributed by atoms with Crippen LogP contribution >= 0.6 is 0 Å². The zero-order valence-electron chi connectivity index (χ0n) is 7.55. The first kappa shape index (κ1) is 9.01. The van der Waals surface area contributed by atoms with Crippen molar-refractivity contribution in [3.05, 3.63) is 0 Å². The van der Waals surface area contributed by atoms with E-state index in [2.05, 4.69) is 11.9 Å². The van der Waals surface area contributed by atoms with Crippen molar-refractivity contribution in [3.8, 4) is 0 Å². The second-order valence-corrected chi connectivity index (χ2v) is 3.56. The molecule has 1 aliphatic heterocycles. The maximum atomic E-state index is 5.47.